The number of allylic oxidation sites excluding steroid dienone is 1. The molecule has 0 N–H and O–H groups in total. The Morgan fingerprint density at radius 1 is 1.10 bits per heavy atom. The molecular weight excluding hydrogens is 269 g/mol. The Morgan fingerprint density at radius 2 is 1.85 bits per heavy atom. The van der Waals surface area contributed by atoms with Crippen molar-refractivity contribution in [2.24, 2.45) is 0 Å². The minimum atomic E-state index is -4.30. The zero-order valence-corrected chi connectivity index (χ0v) is 10.9. The highest BCUT2D eigenvalue weighted by molar-refractivity contribution is 5.67. The fourth-order valence-corrected chi connectivity index (χ4v) is 2.72. The summed E-state index contributed by atoms with van der Waals surface area (Å²) in [5, 5.41) is 0. The van der Waals surface area contributed by atoms with Crippen LogP contribution in [0.1, 0.15) is 30.4 Å². The minimum absolute atomic E-state index is 0.537. The van der Waals surface area contributed by atoms with Crippen LogP contribution in [0.25, 0.3) is 5.57 Å². The first-order valence-corrected chi connectivity index (χ1v) is 6.63. The summed E-state index contributed by atoms with van der Waals surface area (Å²) in [5.41, 5.74) is 0.957. The summed E-state index contributed by atoms with van der Waals surface area (Å²) in [5.74, 6) is -0.537. The molecule has 1 aliphatic heterocycles. The van der Waals surface area contributed by atoms with Gasteiger partial charge in [0.25, 0.3) is 0 Å². The van der Waals surface area contributed by atoms with Crippen LogP contribution in [0, 0.1) is 0 Å². The summed E-state index contributed by atoms with van der Waals surface area (Å²) < 4.78 is 49.3. The van der Waals surface area contributed by atoms with E-state index in [0.29, 0.717) is 38.0 Å². The third-order valence-electron chi connectivity index (χ3n) is 3.81. The second-order valence-electron chi connectivity index (χ2n) is 5.12. The summed E-state index contributed by atoms with van der Waals surface area (Å²) in [6.07, 6.45) is -0.413. The maximum Gasteiger partial charge on any atom is 0.416 e. The van der Waals surface area contributed by atoms with E-state index < -0.39 is 17.5 Å². The molecule has 0 radical (unpaired) electrons. The molecule has 0 amide bonds. The molecule has 1 spiro atoms. The second kappa shape index (κ2) is 4.90. The van der Waals surface area contributed by atoms with Gasteiger partial charge in [-0.2, -0.15) is 13.2 Å². The van der Waals surface area contributed by atoms with E-state index >= 15 is 0 Å². The molecule has 0 bridgehead atoms. The van der Waals surface area contributed by atoms with Crippen molar-refractivity contribution in [1.29, 1.82) is 0 Å². The molecular formula is C15H15F3O2. The Balaban J connectivity index is 1.82. The Morgan fingerprint density at radius 3 is 2.45 bits per heavy atom. The molecule has 2 aliphatic rings. The summed E-state index contributed by atoms with van der Waals surface area (Å²) in [7, 11) is 0. The molecule has 3 rings (SSSR count). The fraction of sp³-hybridized carbons (Fsp3) is 0.467. The molecule has 1 heterocycles. The number of ether oxygens (including phenoxy) is 2. The Labute approximate surface area is 115 Å². The van der Waals surface area contributed by atoms with Gasteiger partial charge < -0.3 is 9.47 Å². The molecule has 0 atom stereocenters. The van der Waals surface area contributed by atoms with Crippen LogP contribution in [0.3, 0.4) is 0 Å². The number of hydrogen-bond acceptors (Lipinski definition) is 2. The van der Waals surface area contributed by atoms with E-state index in [2.05, 4.69) is 0 Å². The zero-order chi connectivity index (χ0) is 14.2. The van der Waals surface area contributed by atoms with Crippen LogP contribution >= 0.6 is 0 Å². The van der Waals surface area contributed by atoms with Crippen molar-refractivity contribution in [2.45, 2.75) is 31.2 Å². The predicted octanol–water partition coefficient (Wildman–Crippen LogP) is 4.02. The van der Waals surface area contributed by atoms with Gasteiger partial charge >= 0.3 is 6.18 Å². The second-order valence-corrected chi connectivity index (χ2v) is 5.12. The average molecular weight is 284 g/mol. The third-order valence-corrected chi connectivity index (χ3v) is 3.81. The topological polar surface area (TPSA) is 18.5 Å². The molecule has 0 saturated carbocycles. The maximum atomic E-state index is 12.7. The normalized spacial score (nSPS) is 22.1. The van der Waals surface area contributed by atoms with Gasteiger partial charge in [-0.1, -0.05) is 18.2 Å². The lowest BCUT2D eigenvalue weighted by molar-refractivity contribution is -0.159. The quantitative estimate of drug-likeness (QED) is 0.775. The number of hydrogen-bond donors (Lipinski definition) is 0. The van der Waals surface area contributed by atoms with Crippen LogP contribution < -0.4 is 0 Å². The molecule has 108 valence electrons. The highest BCUT2D eigenvalue weighted by Crippen LogP contribution is 2.39. The largest absolute Gasteiger partial charge is 0.416 e. The van der Waals surface area contributed by atoms with Gasteiger partial charge in [0.1, 0.15) is 0 Å². The molecule has 0 unspecified atom stereocenters. The SMILES string of the molecule is FC(F)(F)c1cccc(C2=CCC3(CC2)OCCO3)c1. The smallest absolute Gasteiger partial charge is 0.347 e. The van der Waals surface area contributed by atoms with Crippen LogP contribution in [0.4, 0.5) is 13.2 Å². The molecule has 1 fully saturated rings. The standard InChI is InChI=1S/C15H15F3O2/c16-15(17,18)13-3-1-2-12(10-13)11-4-6-14(7-5-11)19-8-9-20-14/h1-4,10H,5-9H2. The molecule has 1 aromatic carbocycles. The molecule has 1 saturated heterocycles. The van der Waals surface area contributed by atoms with Gasteiger partial charge in [0.15, 0.2) is 5.79 Å². The van der Waals surface area contributed by atoms with E-state index in [1.165, 1.54) is 12.1 Å². The van der Waals surface area contributed by atoms with Crippen molar-refractivity contribution in [3.63, 3.8) is 0 Å². The van der Waals surface area contributed by atoms with E-state index in [-0.39, 0.29) is 0 Å². The molecule has 1 aromatic rings. The Hall–Kier alpha value is -1.33. The molecule has 5 heteroatoms. The average Bonchev–Trinajstić information content (AvgIpc) is 2.87. The summed E-state index contributed by atoms with van der Waals surface area (Å²) in [6, 6.07) is 5.47. The van der Waals surface area contributed by atoms with Gasteiger partial charge in [-0.25, -0.2) is 0 Å². The van der Waals surface area contributed by atoms with E-state index in [1.807, 2.05) is 6.08 Å². The first-order valence-electron chi connectivity index (χ1n) is 6.63. The summed E-state index contributed by atoms with van der Waals surface area (Å²) >= 11 is 0. The number of alkyl halides is 3. The molecule has 0 aromatic heterocycles. The van der Waals surface area contributed by atoms with E-state index in [0.717, 1.165) is 11.6 Å². The van der Waals surface area contributed by atoms with Crippen molar-refractivity contribution in [3.8, 4) is 0 Å². The van der Waals surface area contributed by atoms with Crippen LogP contribution in [-0.2, 0) is 15.7 Å². The lowest BCUT2D eigenvalue weighted by atomic mass is 9.89. The highest BCUT2D eigenvalue weighted by atomic mass is 19.4. The third kappa shape index (κ3) is 2.60. The Kier molecular flexibility index (Phi) is 3.34. The van der Waals surface area contributed by atoms with Gasteiger partial charge in [-0.3, -0.25) is 0 Å². The maximum absolute atomic E-state index is 12.7. The summed E-state index contributed by atoms with van der Waals surface area (Å²) in [4.78, 5) is 0. The van der Waals surface area contributed by atoms with E-state index in [1.54, 1.807) is 6.07 Å². The number of rotatable bonds is 1. The molecule has 2 nitrogen and oxygen atoms in total. The van der Waals surface area contributed by atoms with Crippen molar-refractivity contribution in [3.05, 3.63) is 41.5 Å². The predicted molar refractivity (Wildman–Crippen MR) is 67.9 cm³/mol. The summed E-state index contributed by atoms with van der Waals surface area (Å²) in [6.45, 7) is 1.18. The van der Waals surface area contributed by atoms with Crippen molar-refractivity contribution in [1.82, 2.24) is 0 Å². The minimum Gasteiger partial charge on any atom is -0.347 e. The van der Waals surface area contributed by atoms with Crippen molar-refractivity contribution < 1.29 is 22.6 Å². The van der Waals surface area contributed by atoms with Gasteiger partial charge in [-0.05, 0) is 29.7 Å². The van der Waals surface area contributed by atoms with Crippen LogP contribution in [-0.4, -0.2) is 19.0 Å². The van der Waals surface area contributed by atoms with Gasteiger partial charge in [-0.15, -0.1) is 0 Å². The highest BCUT2D eigenvalue weighted by Gasteiger charge is 2.38. The molecule has 1 aliphatic carbocycles. The zero-order valence-electron chi connectivity index (χ0n) is 10.9. The Bertz CT molecular complexity index is 528. The lowest BCUT2D eigenvalue weighted by Gasteiger charge is -2.30. The van der Waals surface area contributed by atoms with E-state index in [4.69, 9.17) is 9.47 Å². The van der Waals surface area contributed by atoms with Gasteiger partial charge in [0.2, 0.25) is 0 Å². The lowest BCUT2D eigenvalue weighted by Crippen LogP contribution is -2.31. The monoisotopic (exact) mass is 284 g/mol. The van der Waals surface area contributed by atoms with Crippen LogP contribution in [0.15, 0.2) is 30.3 Å². The molecule has 20 heavy (non-hydrogen) atoms. The first kappa shape index (κ1) is 13.6. The number of halogens is 3. The van der Waals surface area contributed by atoms with Crippen LogP contribution in [0.5, 0.6) is 0 Å². The first-order chi connectivity index (χ1) is 9.49. The van der Waals surface area contributed by atoms with E-state index in [9.17, 15) is 13.2 Å². The van der Waals surface area contributed by atoms with Crippen molar-refractivity contribution >= 4 is 5.57 Å². The van der Waals surface area contributed by atoms with Crippen molar-refractivity contribution in [2.75, 3.05) is 13.2 Å². The number of benzene rings is 1. The van der Waals surface area contributed by atoms with Gasteiger partial charge in [0, 0.05) is 12.8 Å². The van der Waals surface area contributed by atoms with Gasteiger partial charge in [0.05, 0.1) is 18.8 Å². The fourth-order valence-electron chi connectivity index (χ4n) is 2.72. The van der Waals surface area contributed by atoms with Crippen LogP contribution in [0.2, 0.25) is 0 Å².